The SMILES string of the molecule is CC(CCN)Cc1ccc(-c2ccncc2)cc1. The van der Waals surface area contributed by atoms with Gasteiger partial charge >= 0.3 is 0 Å². The molecule has 1 atom stereocenters. The first-order valence-corrected chi connectivity index (χ1v) is 6.49. The molecule has 2 nitrogen and oxygen atoms in total. The van der Waals surface area contributed by atoms with Gasteiger partial charge in [-0.1, -0.05) is 31.2 Å². The molecule has 0 spiro atoms. The molecule has 1 aromatic heterocycles. The highest BCUT2D eigenvalue weighted by Gasteiger charge is 2.03. The van der Waals surface area contributed by atoms with Crippen LogP contribution < -0.4 is 5.73 Å². The van der Waals surface area contributed by atoms with Gasteiger partial charge in [0.15, 0.2) is 0 Å². The smallest absolute Gasteiger partial charge is 0.0273 e. The number of hydrogen-bond donors (Lipinski definition) is 1. The van der Waals surface area contributed by atoms with Crippen LogP contribution >= 0.6 is 0 Å². The topological polar surface area (TPSA) is 38.9 Å². The highest BCUT2D eigenvalue weighted by molar-refractivity contribution is 5.62. The Hall–Kier alpha value is -1.67. The summed E-state index contributed by atoms with van der Waals surface area (Å²) < 4.78 is 0. The Labute approximate surface area is 109 Å². The van der Waals surface area contributed by atoms with Crippen LogP contribution in [0.2, 0.25) is 0 Å². The minimum Gasteiger partial charge on any atom is -0.330 e. The van der Waals surface area contributed by atoms with Crippen LogP contribution in [0.25, 0.3) is 11.1 Å². The summed E-state index contributed by atoms with van der Waals surface area (Å²) in [6.45, 7) is 3.03. The Bertz CT molecular complexity index is 462. The van der Waals surface area contributed by atoms with Gasteiger partial charge in [0.05, 0.1) is 0 Å². The van der Waals surface area contributed by atoms with Crippen molar-refractivity contribution in [2.45, 2.75) is 19.8 Å². The Morgan fingerprint density at radius 2 is 1.61 bits per heavy atom. The van der Waals surface area contributed by atoms with Gasteiger partial charge in [0.2, 0.25) is 0 Å². The van der Waals surface area contributed by atoms with Gasteiger partial charge in [-0.15, -0.1) is 0 Å². The summed E-state index contributed by atoms with van der Waals surface area (Å²) in [6, 6.07) is 12.9. The highest BCUT2D eigenvalue weighted by atomic mass is 14.6. The van der Waals surface area contributed by atoms with Gasteiger partial charge in [-0.05, 0) is 54.1 Å². The molecule has 0 amide bonds. The molecule has 0 saturated heterocycles. The average Bonchev–Trinajstić information content (AvgIpc) is 2.41. The zero-order valence-electron chi connectivity index (χ0n) is 10.8. The molecule has 0 aliphatic heterocycles. The Balaban J connectivity index is 2.06. The summed E-state index contributed by atoms with van der Waals surface area (Å²) in [7, 11) is 0. The number of pyridine rings is 1. The number of nitrogens with two attached hydrogens (primary N) is 1. The Kier molecular flexibility index (Phi) is 4.48. The molecule has 0 aliphatic rings. The van der Waals surface area contributed by atoms with Crippen LogP contribution in [0.3, 0.4) is 0 Å². The van der Waals surface area contributed by atoms with E-state index in [0.29, 0.717) is 5.92 Å². The van der Waals surface area contributed by atoms with Gasteiger partial charge in [-0.2, -0.15) is 0 Å². The number of rotatable bonds is 5. The molecule has 0 aliphatic carbocycles. The van der Waals surface area contributed by atoms with Gasteiger partial charge < -0.3 is 5.73 Å². The van der Waals surface area contributed by atoms with Gasteiger partial charge in [0, 0.05) is 12.4 Å². The first-order valence-electron chi connectivity index (χ1n) is 6.49. The largest absolute Gasteiger partial charge is 0.330 e. The van der Waals surface area contributed by atoms with Crippen molar-refractivity contribution >= 4 is 0 Å². The summed E-state index contributed by atoms with van der Waals surface area (Å²) in [6.07, 6.45) is 5.85. The lowest BCUT2D eigenvalue weighted by Gasteiger charge is -2.10. The third-order valence-corrected chi connectivity index (χ3v) is 3.21. The van der Waals surface area contributed by atoms with Gasteiger partial charge in [-0.3, -0.25) is 4.98 Å². The van der Waals surface area contributed by atoms with Crippen LogP contribution in [-0.4, -0.2) is 11.5 Å². The van der Waals surface area contributed by atoms with Crippen LogP contribution in [-0.2, 0) is 6.42 Å². The van der Waals surface area contributed by atoms with E-state index in [9.17, 15) is 0 Å². The summed E-state index contributed by atoms with van der Waals surface area (Å²) in [5.41, 5.74) is 9.42. The average molecular weight is 240 g/mol. The number of nitrogens with zero attached hydrogens (tertiary/aromatic N) is 1. The maximum absolute atomic E-state index is 5.58. The van der Waals surface area contributed by atoms with Crippen molar-refractivity contribution in [3.63, 3.8) is 0 Å². The molecule has 1 heterocycles. The third-order valence-electron chi connectivity index (χ3n) is 3.21. The van der Waals surface area contributed by atoms with Crippen molar-refractivity contribution in [3.05, 3.63) is 54.4 Å². The van der Waals surface area contributed by atoms with Crippen LogP contribution in [0.15, 0.2) is 48.8 Å². The zero-order chi connectivity index (χ0) is 12.8. The summed E-state index contributed by atoms with van der Waals surface area (Å²) in [5, 5.41) is 0. The lowest BCUT2D eigenvalue weighted by Crippen LogP contribution is -2.07. The van der Waals surface area contributed by atoms with Crippen LogP contribution in [0.1, 0.15) is 18.9 Å². The molecule has 2 rings (SSSR count). The van der Waals surface area contributed by atoms with E-state index in [4.69, 9.17) is 5.73 Å². The van der Waals surface area contributed by atoms with E-state index in [1.807, 2.05) is 24.5 Å². The minimum atomic E-state index is 0.654. The molecule has 18 heavy (non-hydrogen) atoms. The van der Waals surface area contributed by atoms with E-state index in [2.05, 4.69) is 36.2 Å². The summed E-state index contributed by atoms with van der Waals surface area (Å²) in [4.78, 5) is 4.04. The monoisotopic (exact) mass is 240 g/mol. The van der Waals surface area contributed by atoms with Gasteiger partial charge in [0.1, 0.15) is 0 Å². The molecule has 0 fully saturated rings. The van der Waals surface area contributed by atoms with Crippen LogP contribution in [0.5, 0.6) is 0 Å². The van der Waals surface area contributed by atoms with Crippen molar-refractivity contribution in [1.29, 1.82) is 0 Å². The molecular weight excluding hydrogens is 220 g/mol. The second-order valence-electron chi connectivity index (χ2n) is 4.82. The van der Waals surface area contributed by atoms with E-state index >= 15 is 0 Å². The third kappa shape index (κ3) is 3.41. The lowest BCUT2D eigenvalue weighted by molar-refractivity contribution is 0.538. The van der Waals surface area contributed by atoms with Crippen molar-refractivity contribution in [2.75, 3.05) is 6.54 Å². The van der Waals surface area contributed by atoms with Crippen molar-refractivity contribution in [3.8, 4) is 11.1 Å². The second-order valence-corrected chi connectivity index (χ2v) is 4.82. The molecule has 0 saturated carbocycles. The standard InChI is InChI=1S/C16H20N2/c1-13(6-9-17)12-14-2-4-15(5-3-14)16-7-10-18-11-8-16/h2-5,7-8,10-11,13H,6,9,12,17H2,1H3. The molecule has 2 N–H and O–H groups in total. The number of aromatic nitrogens is 1. The fraction of sp³-hybridized carbons (Fsp3) is 0.312. The summed E-state index contributed by atoms with van der Waals surface area (Å²) >= 11 is 0. The highest BCUT2D eigenvalue weighted by Crippen LogP contribution is 2.20. The normalized spacial score (nSPS) is 12.3. The zero-order valence-corrected chi connectivity index (χ0v) is 10.8. The molecular formula is C16H20N2. The molecule has 1 unspecified atom stereocenters. The van der Waals surface area contributed by atoms with Crippen molar-refractivity contribution in [2.24, 2.45) is 11.7 Å². The predicted octanol–water partition coefficient (Wildman–Crippen LogP) is 3.28. The van der Waals surface area contributed by atoms with E-state index < -0.39 is 0 Å². The molecule has 0 radical (unpaired) electrons. The maximum Gasteiger partial charge on any atom is 0.0273 e. The van der Waals surface area contributed by atoms with Crippen molar-refractivity contribution < 1.29 is 0 Å². The molecule has 2 heteroatoms. The number of benzene rings is 1. The Morgan fingerprint density at radius 1 is 1.00 bits per heavy atom. The van der Waals surface area contributed by atoms with E-state index in [0.717, 1.165) is 19.4 Å². The first-order chi connectivity index (χ1) is 8.79. The number of hydrogen-bond acceptors (Lipinski definition) is 2. The Morgan fingerprint density at radius 3 is 2.22 bits per heavy atom. The maximum atomic E-state index is 5.58. The minimum absolute atomic E-state index is 0.654. The molecule has 94 valence electrons. The van der Waals surface area contributed by atoms with E-state index in [-0.39, 0.29) is 0 Å². The molecule has 1 aromatic carbocycles. The fourth-order valence-electron chi connectivity index (χ4n) is 2.17. The van der Waals surface area contributed by atoms with Crippen molar-refractivity contribution in [1.82, 2.24) is 4.98 Å². The lowest BCUT2D eigenvalue weighted by atomic mass is 9.96. The van der Waals surface area contributed by atoms with E-state index in [1.165, 1.54) is 16.7 Å². The van der Waals surface area contributed by atoms with Crippen LogP contribution in [0.4, 0.5) is 0 Å². The first kappa shape index (κ1) is 12.8. The van der Waals surface area contributed by atoms with Gasteiger partial charge in [-0.25, -0.2) is 0 Å². The van der Waals surface area contributed by atoms with Gasteiger partial charge in [0.25, 0.3) is 0 Å². The quantitative estimate of drug-likeness (QED) is 0.871. The fourth-order valence-corrected chi connectivity index (χ4v) is 2.17. The second kappa shape index (κ2) is 6.31. The van der Waals surface area contributed by atoms with Crippen LogP contribution in [0, 0.1) is 5.92 Å². The predicted molar refractivity (Wildman–Crippen MR) is 76.2 cm³/mol. The van der Waals surface area contributed by atoms with E-state index in [1.54, 1.807) is 0 Å². The molecule has 2 aromatic rings. The summed E-state index contributed by atoms with van der Waals surface area (Å²) in [5.74, 6) is 0.654. The molecule has 0 bridgehead atoms.